The molecule has 280 valence electrons. The van der Waals surface area contributed by atoms with E-state index >= 15 is 0 Å². The average molecular weight is 709 g/mol. The molecule has 0 aromatic carbocycles. The Morgan fingerprint density at radius 1 is 0.960 bits per heavy atom. The molecule has 1 heterocycles. The van der Waals surface area contributed by atoms with Gasteiger partial charge in [0.05, 0.1) is 12.4 Å². The van der Waals surface area contributed by atoms with Crippen LogP contribution in [-0.4, -0.2) is 69.6 Å². The van der Waals surface area contributed by atoms with Gasteiger partial charge in [-0.3, -0.25) is 0 Å². The Bertz CT molecular complexity index is 1520. The molecular weight excluding hydrogens is 641 g/mol. The first-order valence-corrected chi connectivity index (χ1v) is 21.8. The second-order valence-corrected chi connectivity index (χ2v) is 21.3. The van der Waals surface area contributed by atoms with E-state index in [1.807, 2.05) is 6.08 Å². The predicted octanol–water partition coefficient (Wildman–Crippen LogP) is 8.32. The minimum absolute atomic E-state index is 0.0733. The van der Waals surface area contributed by atoms with Crippen molar-refractivity contribution in [2.24, 2.45) is 51.2 Å². The number of hydrogen-bond donors (Lipinski definition) is 1. The molecule has 0 spiro atoms. The van der Waals surface area contributed by atoms with Crippen molar-refractivity contribution in [1.29, 1.82) is 0 Å². The van der Waals surface area contributed by atoms with E-state index in [1.165, 1.54) is 82.0 Å². The normalized spacial score (nSPS) is 42.0. The van der Waals surface area contributed by atoms with Crippen molar-refractivity contribution in [3.8, 4) is 0 Å². The molecule has 5 aliphatic carbocycles. The summed E-state index contributed by atoms with van der Waals surface area (Å²) < 4.78 is 29.0. The first-order valence-electron chi connectivity index (χ1n) is 19.9. The number of likely N-dealkylation sites (tertiary alicyclic amines) is 1. The molecule has 1 aliphatic heterocycles. The van der Waals surface area contributed by atoms with E-state index in [4.69, 9.17) is 4.74 Å². The van der Waals surface area contributed by atoms with Crippen LogP contribution in [0.25, 0.3) is 0 Å². The van der Waals surface area contributed by atoms with Crippen LogP contribution in [0.15, 0.2) is 48.1 Å². The fourth-order valence-electron chi connectivity index (χ4n) is 13.7. The number of allylic oxidation sites excluding steroid dienone is 6. The summed E-state index contributed by atoms with van der Waals surface area (Å²) in [7, 11) is -1.53. The maximum absolute atomic E-state index is 12.1. The number of methoxy groups -OCH3 is 1. The number of piperidine rings is 1. The Balaban J connectivity index is 1.21. The van der Waals surface area contributed by atoms with Crippen molar-refractivity contribution in [1.82, 2.24) is 10.2 Å². The van der Waals surface area contributed by atoms with Crippen LogP contribution in [0.3, 0.4) is 0 Å². The summed E-state index contributed by atoms with van der Waals surface area (Å²) in [5.41, 5.74) is 3.92. The van der Waals surface area contributed by atoms with Crippen LogP contribution >= 0.6 is 0 Å². The van der Waals surface area contributed by atoms with Crippen LogP contribution < -0.4 is 5.32 Å². The standard InChI is InChI=1S/C43H68N2O4S/c1-30(2)33-17-23-43(44-26-29-45-27-19-32(20-28-45)50(9,47)48)25-24-41(6)34(38(33)43)14-15-36-40(5)21-16-31(12-10-11-13-37(46)49-8)39(3,4)35(40)18-22-42(36,41)7/h10-13,16,32-36,38,44H,1,14-15,17-29H2,2-9H3/b12-10-,13-11+/t33-,34+,35-,36+,38+,40-,41+,42+,43-/m0/s1. The largest absolute Gasteiger partial charge is 0.466 e. The van der Waals surface area contributed by atoms with Crippen molar-refractivity contribution >= 4 is 15.8 Å². The first kappa shape index (κ1) is 38.0. The number of esters is 1. The Hall–Kier alpha value is -1.70. The fraction of sp³-hybridized carbons (Fsp3) is 0.791. The Morgan fingerprint density at radius 2 is 1.68 bits per heavy atom. The Labute approximate surface area is 304 Å². The van der Waals surface area contributed by atoms with Gasteiger partial charge in [0, 0.05) is 31.0 Å². The molecule has 1 saturated heterocycles. The predicted molar refractivity (Wildman–Crippen MR) is 205 cm³/mol. The maximum Gasteiger partial charge on any atom is 0.330 e. The molecule has 6 aliphatic rings. The zero-order valence-electron chi connectivity index (χ0n) is 32.7. The van der Waals surface area contributed by atoms with Gasteiger partial charge in [0.15, 0.2) is 0 Å². The van der Waals surface area contributed by atoms with Gasteiger partial charge >= 0.3 is 5.97 Å². The lowest BCUT2D eigenvalue weighted by atomic mass is 9.33. The molecule has 0 radical (unpaired) electrons. The Kier molecular flexibility index (Phi) is 10.4. The molecule has 0 aromatic heterocycles. The van der Waals surface area contributed by atoms with Gasteiger partial charge in [0.2, 0.25) is 0 Å². The van der Waals surface area contributed by atoms with E-state index < -0.39 is 9.84 Å². The van der Waals surface area contributed by atoms with E-state index in [2.05, 4.69) is 70.5 Å². The number of ether oxygens (including phenoxy) is 1. The summed E-state index contributed by atoms with van der Waals surface area (Å²) in [6.07, 6.45) is 24.4. The van der Waals surface area contributed by atoms with E-state index in [-0.39, 0.29) is 27.6 Å². The summed E-state index contributed by atoms with van der Waals surface area (Å²) in [5, 5.41) is 4.09. The molecule has 6 rings (SSSR count). The number of fused-ring (bicyclic) bond motifs is 7. The van der Waals surface area contributed by atoms with Crippen LogP contribution in [0.2, 0.25) is 0 Å². The summed E-state index contributed by atoms with van der Waals surface area (Å²) in [6, 6.07) is 0. The summed E-state index contributed by atoms with van der Waals surface area (Å²) in [4.78, 5) is 14.1. The highest BCUT2D eigenvalue weighted by atomic mass is 32.2. The molecule has 5 fully saturated rings. The number of carbonyl (C=O) groups is 1. The topological polar surface area (TPSA) is 75.7 Å². The molecule has 50 heavy (non-hydrogen) atoms. The lowest BCUT2D eigenvalue weighted by Crippen LogP contribution is -2.68. The van der Waals surface area contributed by atoms with Crippen LogP contribution in [0.4, 0.5) is 0 Å². The van der Waals surface area contributed by atoms with Gasteiger partial charge in [-0.25, -0.2) is 13.2 Å². The Morgan fingerprint density at radius 3 is 2.34 bits per heavy atom. The number of rotatable bonds is 9. The van der Waals surface area contributed by atoms with Crippen LogP contribution in [0.1, 0.15) is 112 Å². The zero-order valence-corrected chi connectivity index (χ0v) is 33.5. The molecule has 4 saturated carbocycles. The minimum atomic E-state index is -2.94. The number of sulfone groups is 1. The number of hydrogen-bond acceptors (Lipinski definition) is 6. The third kappa shape index (κ3) is 6.25. The molecular formula is C43H68N2O4S. The quantitative estimate of drug-likeness (QED) is 0.112. The van der Waals surface area contributed by atoms with Crippen LogP contribution in [0.5, 0.6) is 0 Å². The maximum atomic E-state index is 12.1. The van der Waals surface area contributed by atoms with E-state index in [1.54, 1.807) is 6.08 Å². The highest BCUT2D eigenvalue weighted by Crippen LogP contribution is 2.76. The number of nitrogens with one attached hydrogen (secondary N) is 1. The average Bonchev–Trinajstić information content (AvgIpc) is 3.44. The van der Waals surface area contributed by atoms with Crippen molar-refractivity contribution in [3.63, 3.8) is 0 Å². The lowest BCUT2D eigenvalue weighted by Gasteiger charge is -2.72. The highest BCUT2D eigenvalue weighted by Gasteiger charge is 2.70. The van der Waals surface area contributed by atoms with Crippen molar-refractivity contribution < 1.29 is 17.9 Å². The monoisotopic (exact) mass is 708 g/mol. The van der Waals surface area contributed by atoms with Crippen molar-refractivity contribution in [2.45, 2.75) is 123 Å². The SMILES string of the molecule is C=C(C)[C@@H]1CC[C@]2(NCCN3CCC(S(C)(=O)=O)CC3)CC[C@]3(C)[C@H](CC[C@@H]4[C@@]5(C)CC=C(/C=C\C=C\C(=O)OC)C(C)(C)[C@@H]5CC[C@]43C)[C@@H]12. The molecule has 1 N–H and O–H groups in total. The van der Waals surface area contributed by atoms with Gasteiger partial charge in [-0.2, -0.15) is 0 Å². The smallest absolute Gasteiger partial charge is 0.330 e. The van der Waals surface area contributed by atoms with E-state index in [9.17, 15) is 13.2 Å². The van der Waals surface area contributed by atoms with Crippen LogP contribution in [-0.2, 0) is 19.4 Å². The van der Waals surface area contributed by atoms with Crippen molar-refractivity contribution in [2.75, 3.05) is 39.5 Å². The van der Waals surface area contributed by atoms with Gasteiger partial charge in [-0.1, -0.05) is 71.1 Å². The second kappa shape index (κ2) is 13.6. The van der Waals surface area contributed by atoms with Gasteiger partial charge in [-0.15, -0.1) is 0 Å². The number of carbonyl (C=O) groups excluding carboxylic acids is 1. The molecule has 6 nitrogen and oxygen atoms in total. The van der Waals surface area contributed by atoms with Gasteiger partial charge in [0.1, 0.15) is 9.84 Å². The minimum Gasteiger partial charge on any atom is -0.466 e. The summed E-state index contributed by atoms with van der Waals surface area (Å²) in [5.74, 6) is 2.94. The highest BCUT2D eigenvalue weighted by molar-refractivity contribution is 7.91. The van der Waals surface area contributed by atoms with Gasteiger partial charge in [0.25, 0.3) is 0 Å². The number of nitrogens with zero attached hydrogens (tertiary/aromatic N) is 1. The first-order chi connectivity index (χ1) is 23.4. The van der Waals surface area contributed by atoms with Crippen LogP contribution in [0, 0.1) is 51.2 Å². The third-order valence-electron chi connectivity index (χ3n) is 16.6. The van der Waals surface area contributed by atoms with Gasteiger partial charge in [-0.05, 0) is 147 Å². The molecule has 7 heteroatoms. The fourth-order valence-corrected chi connectivity index (χ4v) is 14.8. The third-order valence-corrected chi connectivity index (χ3v) is 18.3. The zero-order chi connectivity index (χ0) is 36.3. The molecule has 0 bridgehead atoms. The van der Waals surface area contributed by atoms with Gasteiger partial charge < -0.3 is 15.0 Å². The molecule has 0 unspecified atom stereocenters. The van der Waals surface area contributed by atoms with E-state index in [0.717, 1.165) is 45.4 Å². The molecule has 0 aromatic rings. The molecule has 9 atom stereocenters. The molecule has 0 amide bonds. The van der Waals surface area contributed by atoms with E-state index in [0.29, 0.717) is 40.4 Å². The van der Waals surface area contributed by atoms with Crippen molar-refractivity contribution in [3.05, 3.63) is 48.1 Å². The summed E-state index contributed by atoms with van der Waals surface area (Å²) in [6.45, 7) is 23.7. The second-order valence-electron chi connectivity index (χ2n) is 19.0. The summed E-state index contributed by atoms with van der Waals surface area (Å²) >= 11 is 0. The lowest BCUT2D eigenvalue weighted by molar-refractivity contribution is -0.221.